The lowest BCUT2D eigenvalue weighted by molar-refractivity contribution is -0.887. The summed E-state index contributed by atoms with van der Waals surface area (Å²) < 4.78 is 16.8. The second-order valence-corrected chi connectivity index (χ2v) is 10.3. The van der Waals surface area contributed by atoms with Crippen LogP contribution in [0.2, 0.25) is 0 Å². The van der Waals surface area contributed by atoms with Gasteiger partial charge in [0.15, 0.2) is 12.1 Å². The minimum atomic E-state index is -0.879. The number of unbranched alkanes of at least 4 members (excludes halogenated alkanes) is 9. The summed E-state index contributed by atoms with van der Waals surface area (Å²) in [4.78, 5) is 35.9. The van der Waals surface area contributed by atoms with E-state index in [9.17, 15) is 19.5 Å². The number of rotatable bonds is 23. The van der Waals surface area contributed by atoms with Crippen molar-refractivity contribution >= 4 is 17.9 Å². The van der Waals surface area contributed by atoms with E-state index in [0.717, 1.165) is 44.9 Å². The summed E-state index contributed by atoms with van der Waals surface area (Å²) in [5.74, 6) is -1.50. The summed E-state index contributed by atoms with van der Waals surface area (Å²) in [5, 5.41) is 9.45. The number of hydrogen-bond donors (Lipinski definition) is 1. The second-order valence-electron chi connectivity index (χ2n) is 10.3. The molecule has 2 unspecified atom stereocenters. The molecule has 0 amide bonds. The molecule has 0 aliphatic rings. The van der Waals surface area contributed by atoms with Crippen molar-refractivity contribution in [1.82, 2.24) is 0 Å². The molecule has 0 bridgehead atoms. The Kier molecular flexibility index (Phi) is 19.5. The summed E-state index contributed by atoms with van der Waals surface area (Å²) in [7, 11) is 5.48. The number of hydrogen-bond acceptors (Lipinski definition) is 6. The average molecular weight is 503 g/mol. The molecule has 8 nitrogen and oxygen atoms in total. The second kappa shape index (κ2) is 20.5. The van der Waals surface area contributed by atoms with E-state index in [0.29, 0.717) is 19.3 Å². The predicted molar refractivity (Wildman–Crippen MR) is 137 cm³/mol. The molecule has 206 valence electrons. The molecule has 1 N–H and O–H groups in total. The Morgan fingerprint density at radius 2 is 1.26 bits per heavy atom. The van der Waals surface area contributed by atoms with Crippen molar-refractivity contribution in [2.24, 2.45) is 0 Å². The van der Waals surface area contributed by atoms with E-state index in [2.05, 4.69) is 13.8 Å². The van der Waals surface area contributed by atoms with Gasteiger partial charge in [-0.3, -0.25) is 9.59 Å². The first kappa shape index (κ1) is 33.3. The van der Waals surface area contributed by atoms with Crippen LogP contribution in [0.3, 0.4) is 0 Å². The lowest BCUT2D eigenvalue weighted by Gasteiger charge is -2.31. The zero-order chi connectivity index (χ0) is 26.5. The van der Waals surface area contributed by atoms with Gasteiger partial charge in [0.05, 0.1) is 34.4 Å². The molecule has 0 aromatic heterocycles. The molecule has 0 radical (unpaired) electrons. The Morgan fingerprint density at radius 3 is 1.77 bits per heavy atom. The van der Waals surface area contributed by atoms with Crippen molar-refractivity contribution in [3.05, 3.63) is 0 Å². The van der Waals surface area contributed by atoms with E-state index in [1.165, 1.54) is 25.7 Å². The van der Waals surface area contributed by atoms with Crippen LogP contribution in [0.4, 0.5) is 0 Å². The predicted octanol–water partition coefficient (Wildman–Crippen LogP) is 5.12. The van der Waals surface area contributed by atoms with E-state index >= 15 is 0 Å². The van der Waals surface area contributed by atoms with Crippen LogP contribution < -0.4 is 0 Å². The van der Waals surface area contributed by atoms with E-state index in [4.69, 9.17) is 14.2 Å². The number of nitrogens with zero attached hydrogens (tertiary/aromatic N) is 1. The van der Waals surface area contributed by atoms with E-state index in [1.54, 1.807) is 0 Å². The molecule has 8 heteroatoms. The van der Waals surface area contributed by atoms with Gasteiger partial charge in [-0.05, 0) is 12.8 Å². The van der Waals surface area contributed by atoms with Gasteiger partial charge in [0.2, 0.25) is 0 Å². The van der Waals surface area contributed by atoms with E-state index in [-0.39, 0.29) is 36.2 Å². The summed E-state index contributed by atoms with van der Waals surface area (Å²) in [5.41, 5.74) is 0. The van der Waals surface area contributed by atoms with Crippen molar-refractivity contribution in [3.63, 3.8) is 0 Å². The van der Waals surface area contributed by atoms with Crippen LogP contribution in [-0.2, 0) is 28.6 Å². The molecule has 0 heterocycles. The number of carbonyl (C=O) groups is 3. The standard InChI is InChI=1S/C27H51NO7/c1-6-8-10-12-14-16-18-26(30)35-23(22-34-25(29)17-15-13-11-9-7-2)21-33-20-19-24(27(31)32)28(3,4)5/h23-24H,6-22H2,1-5H3/p+1. The number of carboxylic acid groups (broad SMARTS) is 1. The van der Waals surface area contributed by atoms with Crippen molar-refractivity contribution < 1.29 is 38.2 Å². The van der Waals surface area contributed by atoms with Crippen LogP contribution >= 0.6 is 0 Å². The molecular weight excluding hydrogens is 450 g/mol. The fraction of sp³-hybridized carbons (Fsp3) is 0.889. The Bertz CT molecular complexity index is 574. The number of quaternary nitrogens is 1. The van der Waals surface area contributed by atoms with Gasteiger partial charge >= 0.3 is 17.9 Å². The minimum Gasteiger partial charge on any atom is -0.477 e. The SMILES string of the molecule is CCCCCCCCC(=O)OC(COCCC(C(=O)O)[N+](C)(C)C)COC(=O)CCCCCCC. The normalized spacial score (nSPS) is 13.3. The van der Waals surface area contributed by atoms with Gasteiger partial charge in [0, 0.05) is 19.3 Å². The molecule has 0 rings (SSSR count). The number of aliphatic carboxylic acids is 1. The highest BCUT2D eigenvalue weighted by Crippen LogP contribution is 2.11. The first-order valence-corrected chi connectivity index (χ1v) is 13.6. The fourth-order valence-electron chi connectivity index (χ4n) is 3.79. The lowest BCUT2D eigenvalue weighted by Crippen LogP contribution is -2.50. The Hall–Kier alpha value is -1.67. The van der Waals surface area contributed by atoms with Crippen LogP contribution in [-0.4, -0.2) is 80.6 Å². The van der Waals surface area contributed by atoms with Crippen LogP contribution in [0.25, 0.3) is 0 Å². The Balaban J connectivity index is 4.57. The van der Waals surface area contributed by atoms with Gasteiger partial charge in [-0.25, -0.2) is 4.79 Å². The molecule has 0 aliphatic heterocycles. The molecule has 35 heavy (non-hydrogen) atoms. The monoisotopic (exact) mass is 502 g/mol. The highest BCUT2D eigenvalue weighted by Gasteiger charge is 2.31. The smallest absolute Gasteiger partial charge is 0.362 e. The first-order chi connectivity index (χ1) is 16.6. The number of carboxylic acids is 1. The Morgan fingerprint density at radius 1 is 0.743 bits per heavy atom. The minimum absolute atomic E-state index is 0.0479. The quantitative estimate of drug-likeness (QED) is 0.118. The van der Waals surface area contributed by atoms with Gasteiger partial charge in [-0.15, -0.1) is 0 Å². The van der Waals surface area contributed by atoms with E-state index < -0.39 is 18.1 Å². The summed E-state index contributed by atoms with van der Waals surface area (Å²) in [6.07, 6.45) is 12.0. The maximum Gasteiger partial charge on any atom is 0.362 e. The topological polar surface area (TPSA) is 99.1 Å². The molecular formula is C27H52NO7+. The van der Waals surface area contributed by atoms with Gasteiger partial charge in [0.1, 0.15) is 6.61 Å². The molecule has 0 aromatic carbocycles. The van der Waals surface area contributed by atoms with E-state index in [1.807, 2.05) is 21.1 Å². The van der Waals surface area contributed by atoms with Crippen LogP contribution in [0.1, 0.15) is 104 Å². The van der Waals surface area contributed by atoms with Gasteiger partial charge in [-0.1, -0.05) is 71.6 Å². The summed E-state index contributed by atoms with van der Waals surface area (Å²) >= 11 is 0. The van der Waals surface area contributed by atoms with Gasteiger partial charge < -0.3 is 23.8 Å². The third kappa shape index (κ3) is 19.2. The van der Waals surface area contributed by atoms with Gasteiger partial charge in [0.25, 0.3) is 0 Å². The van der Waals surface area contributed by atoms with Crippen molar-refractivity contribution in [1.29, 1.82) is 0 Å². The molecule has 0 aliphatic carbocycles. The number of ether oxygens (including phenoxy) is 3. The summed E-state index contributed by atoms with van der Waals surface area (Å²) in [6.45, 7) is 4.55. The highest BCUT2D eigenvalue weighted by molar-refractivity contribution is 5.72. The molecule has 0 saturated heterocycles. The molecule has 0 fully saturated rings. The average Bonchev–Trinajstić information content (AvgIpc) is 2.78. The van der Waals surface area contributed by atoms with Crippen LogP contribution in [0, 0.1) is 0 Å². The number of carbonyl (C=O) groups excluding carboxylic acids is 2. The largest absolute Gasteiger partial charge is 0.477 e. The molecule has 0 spiro atoms. The third-order valence-electron chi connectivity index (χ3n) is 6.01. The van der Waals surface area contributed by atoms with Gasteiger partial charge in [-0.2, -0.15) is 0 Å². The third-order valence-corrected chi connectivity index (χ3v) is 6.01. The first-order valence-electron chi connectivity index (χ1n) is 13.6. The van der Waals surface area contributed by atoms with Crippen molar-refractivity contribution in [3.8, 4) is 0 Å². The summed E-state index contributed by atoms with van der Waals surface area (Å²) in [6, 6.07) is -0.603. The fourth-order valence-corrected chi connectivity index (χ4v) is 3.79. The Labute approximate surface area is 213 Å². The van der Waals surface area contributed by atoms with Crippen molar-refractivity contribution in [2.75, 3.05) is 41.0 Å². The molecule has 0 saturated carbocycles. The number of likely N-dealkylation sites (N-methyl/N-ethyl adjacent to an activating group) is 1. The molecule has 2 atom stereocenters. The van der Waals surface area contributed by atoms with Crippen molar-refractivity contribution in [2.45, 2.75) is 116 Å². The maximum absolute atomic E-state index is 12.3. The lowest BCUT2D eigenvalue weighted by atomic mass is 10.1. The molecule has 0 aromatic rings. The maximum atomic E-state index is 12.3. The zero-order valence-corrected chi connectivity index (χ0v) is 23.0. The zero-order valence-electron chi connectivity index (χ0n) is 23.0. The highest BCUT2D eigenvalue weighted by atomic mass is 16.6. The number of esters is 2. The van der Waals surface area contributed by atoms with Crippen LogP contribution in [0.15, 0.2) is 0 Å². The van der Waals surface area contributed by atoms with Crippen LogP contribution in [0.5, 0.6) is 0 Å².